The van der Waals surface area contributed by atoms with Gasteiger partial charge >= 0.3 is 12.1 Å². The Balaban J connectivity index is 0.000000396. The van der Waals surface area contributed by atoms with Crippen LogP contribution in [0.25, 0.3) is 0 Å². The van der Waals surface area contributed by atoms with Crippen LogP contribution in [0.3, 0.4) is 0 Å². The van der Waals surface area contributed by atoms with Gasteiger partial charge in [-0.05, 0) is 25.0 Å². The van der Waals surface area contributed by atoms with Gasteiger partial charge in [0.2, 0.25) is 11.8 Å². The third-order valence-electron chi connectivity index (χ3n) is 5.42. The van der Waals surface area contributed by atoms with Crippen LogP contribution < -0.4 is 0 Å². The number of carboxylic acids is 1. The van der Waals surface area contributed by atoms with Crippen LogP contribution in [0.5, 0.6) is 0 Å². The van der Waals surface area contributed by atoms with Gasteiger partial charge in [0.15, 0.2) is 0 Å². The van der Waals surface area contributed by atoms with Gasteiger partial charge in [-0.2, -0.15) is 13.2 Å². The van der Waals surface area contributed by atoms with Crippen molar-refractivity contribution in [3.8, 4) is 0 Å². The van der Waals surface area contributed by atoms with Crippen molar-refractivity contribution in [1.29, 1.82) is 0 Å². The Morgan fingerprint density at radius 2 is 1.97 bits per heavy atom. The summed E-state index contributed by atoms with van der Waals surface area (Å²) in [5, 5.41) is 7.12. The van der Waals surface area contributed by atoms with E-state index in [0.29, 0.717) is 6.54 Å². The van der Waals surface area contributed by atoms with Crippen molar-refractivity contribution in [3.63, 3.8) is 0 Å². The molecule has 30 heavy (non-hydrogen) atoms. The summed E-state index contributed by atoms with van der Waals surface area (Å²) in [6.07, 6.45) is -1.46. The van der Waals surface area contributed by atoms with Crippen molar-refractivity contribution in [2.45, 2.75) is 39.4 Å². The van der Waals surface area contributed by atoms with Crippen LogP contribution in [0.15, 0.2) is 24.4 Å². The molecule has 1 aliphatic carbocycles. The lowest BCUT2D eigenvalue weighted by Crippen LogP contribution is -2.34. The van der Waals surface area contributed by atoms with Crippen molar-refractivity contribution >= 4 is 17.8 Å². The Hall–Kier alpha value is -2.65. The fourth-order valence-corrected chi connectivity index (χ4v) is 3.68. The Bertz CT molecular complexity index is 785. The third-order valence-corrected chi connectivity index (χ3v) is 5.42. The molecule has 2 fully saturated rings. The van der Waals surface area contributed by atoms with E-state index < -0.39 is 12.1 Å². The predicted molar refractivity (Wildman–Crippen MR) is 101 cm³/mol. The molecule has 1 aromatic heterocycles. The highest BCUT2D eigenvalue weighted by Crippen LogP contribution is 2.59. The van der Waals surface area contributed by atoms with Gasteiger partial charge in [0, 0.05) is 43.6 Å². The number of aliphatic carboxylic acids is 1. The van der Waals surface area contributed by atoms with Crippen LogP contribution in [0.2, 0.25) is 0 Å². The molecule has 2 unspecified atom stereocenters. The summed E-state index contributed by atoms with van der Waals surface area (Å²) in [6.45, 7) is 5.95. The highest BCUT2D eigenvalue weighted by Gasteiger charge is 2.61. The zero-order valence-electron chi connectivity index (χ0n) is 17.1. The predicted octanol–water partition coefficient (Wildman–Crippen LogP) is 2.57. The summed E-state index contributed by atoms with van der Waals surface area (Å²) < 4.78 is 31.7. The first-order chi connectivity index (χ1) is 13.9. The quantitative estimate of drug-likeness (QED) is 0.795. The average Bonchev–Trinajstić information content (AvgIpc) is 3.20. The van der Waals surface area contributed by atoms with Crippen molar-refractivity contribution in [2.75, 3.05) is 20.1 Å². The maximum Gasteiger partial charge on any atom is 0.490 e. The number of alkyl halides is 3. The van der Waals surface area contributed by atoms with Gasteiger partial charge in [0.1, 0.15) is 0 Å². The maximum absolute atomic E-state index is 12.7. The zero-order chi connectivity index (χ0) is 22.7. The van der Waals surface area contributed by atoms with Crippen molar-refractivity contribution in [3.05, 3.63) is 30.1 Å². The SMILES string of the molecule is CC(C)C(=O)N1CCC2(CC2C(=O)N(C)Cc2ccccn2)C1.O=C(O)C(F)(F)F. The van der Waals surface area contributed by atoms with E-state index in [1.165, 1.54) is 0 Å². The number of carboxylic acid groups (broad SMARTS) is 1. The molecule has 2 amide bonds. The van der Waals surface area contributed by atoms with Gasteiger partial charge in [-0.1, -0.05) is 19.9 Å². The number of halogens is 3. The van der Waals surface area contributed by atoms with E-state index in [9.17, 15) is 22.8 Å². The van der Waals surface area contributed by atoms with Gasteiger partial charge in [-0.3, -0.25) is 14.6 Å². The Morgan fingerprint density at radius 3 is 2.47 bits per heavy atom. The number of rotatable bonds is 4. The first-order valence-electron chi connectivity index (χ1n) is 9.61. The molecule has 1 aromatic rings. The summed E-state index contributed by atoms with van der Waals surface area (Å²) >= 11 is 0. The largest absolute Gasteiger partial charge is 0.490 e. The van der Waals surface area contributed by atoms with Crippen molar-refractivity contribution < 1.29 is 32.7 Å². The summed E-state index contributed by atoms with van der Waals surface area (Å²) in [4.78, 5) is 41.7. The van der Waals surface area contributed by atoms with E-state index in [1.54, 1.807) is 11.1 Å². The zero-order valence-corrected chi connectivity index (χ0v) is 17.1. The summed E-state index contributed by atoms with van der Waals surface area (Å²) in [5.41, 5.74) is 0.945. The smallest absolute Gasteiger partial charge is 0.475 e. The number of pyridine rings is 1. The highest BCUT2D eigenvalue weighted by molar-refractivity contribution is 5.84. The number of amides is 2. The van der Waals surface area contributed by atoms with Gasteiger partial charge in [-0.25, -0.2) is 4.79 Å². The van der Waals surface area contributed by atoms with E-state index in [1.807, 2.05) is 44.0 Å². The lowest BCUT2D eigenvalue weighted by molar-refractivity contribution is -0.192. The lowest BCUT2D eigenvalue weighted by atomic mass is 10.0. The monoisotopic (exact) mass is 429 g/mol. The summed E-state index contributed by atoms with van der Waals surface area (Å²) in [7, 11) is 1.84. The first kappa shape index (κ1) is 23.6. The van der Waals surface area contributed by atoms with Crippen molar-refractivity contribution in [2.24, 2.45) is 17.3 Å². The number of nitrogens with zero attached hydrogens (tertiary/aromatic N) is 3. The molecule has 1 aliphatic heterocycles. The molecule has 7 nitrogen and oxygen atoms in total. The van der Waals surface area contributed by atoms with E-state index >= 15 is 0 Å². The van der Waals surface area contributed by atoms with E-state index in [0.717, 1.165) is 31.6 Å². The highest BCUT2D eigenvalue weighted by atomic mass is 19.4. The summed E-state index contributed by atoms with van der Waals surface area (Å²) in [6, 6.07) is 5.75. The fraction of sp³-hybridized carbons (Fsp3) is 0.600. The van der Waals surface area contributed by atoms with Crippen LogP contribution in [-0.2, 0) is 20.9 Å². The van der Waals surface area contributed by atoms with E-state index in [-0.39, 0.29) is 29.1 Å². The molecule has 10 heteroatoms. The molecule has 166 valence electrons. The average molecular weight is 429 g/mol. The number of hydrogen-bond acceptors (Lipinski definition) is 4. The van der Waals surface area contributed by atoms with E-state index in [4.69, 9.17) is 9.90 Å². The van der Waals surface area contributed by atoms with Crippen LogP contribution in [-0.4, -0.2) is 64.0 Å². The number of carbonyl (C=O) groups excluding carboxylic acids is 2. The Morgan fingerprint density at radius 1 is 1.33 bits per heavy atom. The van der Waals surface area contributed by atoms with Crippen LogP contribution in [0.4, 0.5) is 13.2 Å². The van der Waals surface area contributed by atoms with Gasteiger partial charge in [0.05, 0.1) is 12.2 Å². The number of hydrogen-bond donors (Lipinski definition) is 1. The molecule has 1 saturated heterocycles. The Labute approximate surface area is 172 Å². The lowest BCUT2D eigenvalue weighted by Gasteiger charge is -2.20. The Kier molecular flexibility index (Phi) is 7.10. The second kappa shape index (κ2) is 9.01. The topological polar surface area (TPSA) is 90.8 Å². The van der Waals surface area contributed by atoms with Crippen molar-refractivity contribution in [1.82, 2.24) is 14.8 Å². The number of aromatic nitrogens is 1. The molecular weight excluding hydrogens is 403 g/mol. The third kappa shape index (κ3) is 5.70. The minimum atomic E-state index is -5.08. The normalized spacial score (nSPS) is 22.5. The molecule has 0 aromatic carbocycles. The number of carbonyl (C=O) groups is 3. The molecule has 2 heterocycles. The molecule has 1 spiro atoms. The first-order valence-corrected chi connectivity index (χ1v) is 9.61. The molecule has 1 N–H and O–H groups in total. The minimum Gasteiger partial charge on any atom is -0.475 e. The number of likely N-dealkylation sites (tertiary alicyclic amines) is 1. The molecule has 3 rings (SSSR count). The molecular formula is C20H26F3N3O4. The van der Waals surface area contributed by atoms with Crippen LogP contribution in [0, 0.1) is 17.3 Å². The van der Waals surface area contributed by atoms with Gasteiger partial charge in [0.25, 0.3) is 0 Å². The molecule has 1 saturated carbocycles. The van der Waals surface area contributed by atoms with Gasteiger partial charge in [-0.15, -0.1) is 0 Å². The minimum absolute atomic E-state index is 0.0323. The van der Waals surface area contributed by atoms with E-state index in [2.05, 4.69) is 4.98 Å². The molecule has 0 radical (unpaired) electrons. The maximum atomic E-state index is 12.7. The molecule has 0 bridgehead atoms. The summed E-state index contributed by atoms with van der Waals surface area (Å²) in [5.74, 6) is -2.25. The standard InChI is InChI=1S/C18H25N3O2.C2HF3O2/c1-13(2)16(22)21-9-7-18(12-21)10-15(18)17(23)20(3)11-14-6-4-5-8-19-14;3-2(4,5)1(6)7/h4-6,8,13,15H,7,9-12H2,1-3H3;(H,6,7). The van der Waals surface area contributed by atoms with Crippen LogP contribution >= 0.6 is 0 Å². The second-order valence-corrected chi connectivity index (χ2v) is 8.10. The second-order valence-electron chi connectivity index (χ2n) is 8.10. The van der Waals surface area contributed by atoms with Gasteiger partial charge < -0.3 is 14.9 Å². The molecule has 2 aliphatic rings. The fourth-order valence-electron chi connectivity index (χ4n) is 3.68. The molecule has 2 atom stereocenters. The van der Waals surface area contributed by atoms with Crippen LogP contribution in [0.1, 0.15) is 32.4 Å².